The van der Waals surface area contributed by atoms with Gasteiger partial charge in [0.25, 0.3) is 0 Å². The second kappa shape index (κ2) is 8.72. The Kier molecular flexibility index (Phi) is 6.11. The summed E-state index contributed by atoms with van der Waals surface area (Å²) in [5.74, 6) is -0.247. The third kappa shape index (κ3) is 6.03. The Labute approximate surface area is 172 Å². The molecule has 0 radical (unpaired) electrons. The van der Waals surface area contributed by atoms with Crippen LogP contribution in [0.4, 0.5) is 16.5 Å². The topological polar surface area (TPSA) is 124 Å². The van der Waals surface area contributed by atoms with Crippen LogP contribution >= 0.6 is 11.3 Å². The van der Waals surface area contributed by atoms with E-state index in [4.69, 9.17) is 5.26 Å². The largest absolute Gasteiger partial charge is 0.376 e. The van der Waals surface area contributed by atoms with E-state index in [1.165, 1.54) is 11.3 Å². The van der Waals surface area contributed by atoms with Crippen molar-refractivity contribution in [2.75, 3.05) is 28.2 Å². The highest BCUT2D eigenvalue weighted by Gasteiger charge is 2.09. The van der Waals surface area contributed by atoms with E-state index in [0.717, 1.165) is 17.5 Å². The molecule has 2 aromatic carbocycles. The Morgan fingerprint density at radius 1 is 1.10 bits per heavy atom. The molecule has 0 fully saturated rings. The molecule has 3 rings (SSSR count). The predicted octanol–water partition coefficient (Wildman–Crippen LogP) is 3.10. The van der Waals surface area contributed by atoms with Crippen LogP contribution in [0.1, 0.15) is 5.56 Å². The van der Waals surface area contributed by atoms with Crippen LogP contribution in [0.25, 0.3) is 11.3 Å². The molecule has 0 aliphatic heterocycles. The minimum Gasteiger partial charge on any atom is -0.376 e. The molecule has 8 nitrogen and oxygen atoms in total. The molecule has 0 unspecified atom stereocenters. The Hall–Kier alpha value is -3.42. The van der Waals surface area contributed by atoms with Crippen molar-refractivity contribution in [3.8, 4) is 17.3 Å². The first kappa shape index (κ1) is 20.3. The van der Waals surface area contributed by atoms with Gasteiger partial charge in [-0.2, -0.15) is 5.26 Å². The summed E-state index contributed by atoms with van der Waals surface area (Å²) in [6.07, 6.45) is 1.09. The Morgan fingerprint density at radius 3 is 2.38 bits per heavy atom. The van der Waals surface area contributed by atoms with Crippen LogP contribution in [0.3, 0.4) is 0 Å². The minimum absolute atomic E-state index is 0.0622. The first-order valence-electron chi connectivity index (χ1n) is 8.40. The highest BCUT2D eigenvalue weighted by molar-refractivity contribution is 7.92. The molecule has 29 heavy (non-hydrogen) atoms. The van der Waals surface area contributed by atoms with Gasteiger partial charge in [0.15, 0.2) is 5.13 Å². The maximum absolute atomic E-state index is 12.1. The number of hydrogen-bond donors (Lipinski definition) is 3. The number of benzene rings is 2. The molecule has 0 saturated heterocycles. The molecule has 10 heteroatoms. The monoisotopic (exact) mass is 427 g/mol. The summed E-state index contributed by atoms with van der Waals surface area (Å²) in [4.78, 5) is 16.5. The molecular weight excluding hydrogens is 410 g/mol. The van der Waals surface area contributed by atoms with Crippen LogP contribution in [0.15, 0.2) is 53.9 Å². The standard InChI is InChI=1S/C19H17N5O3S2/c1-29(26,27)24-16-8-4-14(5-9-16)17-12-28-19(22-17)23-18(25)11-21-15-6-2-13(10-20)3-7-15/h2-9,12,21,24H,11H2,1H3,(H,22,23,25). The molecule has 3 N–H and O–H groups in total. The zero-order valence-electron chi connectivity index (χ0n) is 15.3. The van der Waals surface area contributed by atoms with E-state index in [1.807, 2.05) is 11.4 Å². The number of rotatable bonds is 7. The number of nitriles is 1. The third-order valence-electron chi connectivity index (χ3n) is 3.70. The van der Waals surface area contributed by atoms with Crippen LogP contribution in [0.2, 0.25) is 0 Å². The van der Waals surface area contributed by atoms with Crippen molar-refractivity contribution < 1.29 is 13.2 Å². The fourth-order valence-corrected chi connectivity index (χ4v) is 3.70. The fraction of sp³-hybridized carbons (Fsp3) is 0.105. The number of thiazole rings is 1. The van der Waals surface area contributed by atoms with Gasteiger partial charge in [-0.25, -0.2) is 13.4 Å². The lowest BCUT2D eigenvalue weighted by atomic mass is 10.1. The van der Waals surface area contributed by atoms with Crippen molar-refractivity contribution in [2.45, 2.75) is 0 Å². The molecular formula is C19H17N5O3S2. The van der Waals surface area contributed by atoms with Crippen molar-refractivity contribution in [2.24, 2.45) is 0 Å². The predicted molar refractivity (Wildman–Crippen MR) is 114 cm³/mol. The first-order valence-corrected chi connectivity index (χ1v) is 11.2. The molecule has 0 aliphatic rings. The van der Waals surface area contributed by atoms with Crippen molar-refractivity contribution in [1.82, 2.24) is 4.98 Å². The van der Waals surface area contributed by atoms with Gasteiger partial charge in [-0.15, -0.1) is 11.3 Å². The second-order valence-corrected chi connectivity index (χ2v) is 8.69. The number of nitrogens with one attached hydrogen (secondary N) is 3. The molecule has 1 heterocycles. The van der Waals surface area contributed by atoms with E-state index in [9.17, 15) is 13.2 Å². The molecule has 0 atom stereocenters. The zero-order valence-corrected chi connectivity index (χ0v) is 17.0. The smallest absolute Gasteiger partial charge is 0.245 e. The molecule has 3 aromatic rings. The Balaban J connectivity index is 1.56. The average molecular weight is 428 g/mol. The summed E-state index contributed by atoms with van der Waals surface area (Å²) in [7, 11) is -3.32. The van der Waals surface area contributed by atoms with Crippen molar-refractivity contribution in [3.63, 3.8) is 0 Å². The summed E-state index contributed by atoms with van der Waals surface area (Å²) in [5, 5.41) is 16.8. The number of aromatic nitrogens is 1. The lowest BCUT2D eigenvalue weighted by Gasteiger charge is -2.06. The van der Waals surface area contributed by atoms with E-state index in [-0.39, 0.29) is 12.5 Å². The van der Waals surface area contributed by atoms with Crippen LogP contribution in [0, 0.1) is 11.3 Å². The summed E-state index contributed by atoms with van der Waals surface area (Å²) < 4.78 is 24.9. The number of hydrogen-bond acceptors (Lipinski definition) is 7. The van der Waals surface area contributed by atoms with Gasteiger partial charge < -0.3 is 10.6 Å². The lowest BCUT2D eigenvalue weighted by Crippen LogP contribution is -2.21. The quantitative estimate of drug-likeness (QED) is 0.532. The van der Waals surface area contributed by atoms with Crippen LogP contribution in [-0.2, 0) is 14.8 Å². The molecule has 1 aromatic heterocycles. The van der Waals surface area contributed by atoms with E-state index in [0.29, 0.717) is 22.1 Å². The van der Waals surface area contributed by atoms with Gasteiger partial charge in [0.05, 0.1) is 30.1 Å². The third-order valence-corrected chi connectivity index (χ3v) is 5.07. The van der Waals surface area contributed by atoms with Crippen LogP contribution < -0.4 is 15.4 Å². The maximum atomic E-state index is 12.1. The number of carbonyl (C=O) groups excluding carboxylic acids is 1. The van der Waals surface area contributed by atoms with E-state index in [2.05, 4.69) is 20.3 Å². The fourth-order valence-electron chi connectivity index (χ4n) is 2.40. The number of anilines is 3. The van der Waals surface area contributed by atoms with E-state index >= 15 is 0 Å². The second-order valence-electron chi connectivity index (χ2n) is 6.08. The summed E-state index contributed by atoms with van der Waals surface area (Å²) in [6.45, 7) is 0.0622. The molecule has 0 bridgehead atoms. The van der Waals surface area contributed by atoms with Gasteiger partial charge in [-0.3, -0.25) is 9.52 Å². The highest BCUT2D eigenvalue weighted by atomic mass is 32.2. The normalized spacial score (nSPS) is 10.8. The van der Waals surface area contributed by atoms with E-state index in [1.54, 1.807) is 48.5 Å². The molecule has 1 amide bonds. The van der Waals surface area contributed by atoms with Crippen molar-refractivity contribution in [3.05, 3.63) is 59.5 Å². The number of carbonyl (C=O) groups is 1. The lowest BCUT2D eigenvalue weighted by molar-refractivity contribution is -0.114. The Bertz CT molecular complexity index is 1150. The number of amides is 1. The first-order chi connectivity index (χ1) is 13.8. The van der Waals surface area contributed by atoms with Crippen molar-refractivity contribution in [1.29, 1.82) is 5.26 Å². The van der Waals surface area contributed by atoms with Gasteiger partial charge in [0.2, 0.25) is 15.9 Å². The molecule has 148 valence electrons. The summed E-state index contributed by atoms with van der Waals surface area (Å²) >= 11 is 1.30. The van der Waals surface area contributed by atoms with Crippen molar-refractivity contribution >= 4 is 43.8 Å². The van der Waals surface area contributed by atoms with Crippen LogP contribution in [0.5, 0.6) is 0 Å². The molecule has 0 spiro atoms. The summed E-state index contributed by atoms with van der Waals surface area (Å²) in [5.41, 5.74) is 3.24. The highest BCUT2D eigenvalue weighted by Crippen LogP contribution is 2.26. The van der Waals surface area contributed by atoms with Gasteiger partial charge in [0, 0.05) is 22.3 Å². The van der Waals surface area contributed by atoms with Crippen LogP contribution in [-0.4, -0.2) is 32.1 Å². The van der Waals surface area contributed by atoms with Gasteiger partial charge in [-0.05, 0) is 36.4 Å². The van der Waals surface area contributed by atoms with Gasteiger partial charge in [0.1, 0.15) is 0 Å². The van der Waals surface area contributed by atoms with Gasteiger partial charge in [-0.1, -0.05) is 12.1 Å². The summed E-state index contributed by atoms with van der Waals surface area (Å²) in [6, 6.07) is 15.6. The minimum atomic E-state index is -3.32. The average Bonchev–Trinajstić information content (AvgIpc) is 3.14. The van der Waals surface area contributed by atoms with E-state index < -0.39 is 10.0 Å². The Morgan fingerprint density at radius 2 is 1.76 bits per heavy atom. The SMILES string of the molecule is CS(=O)(=O)Nc1ccc(-c2csc(NC(=O)CNc3ccc(C#N)cc3)n2)cc1. The number of sulfonamides is 1. The van der Waals surface area contributed by atoms with Gasteiger partial charge >= 0.3 is 0 Å². The molecule has 0 aliphatic carbocycles. The maximum Gasteiger partial charge on any atom is 0.245 e. The molecule has 0 saturated carbocycles. The number of nitrogens with zero attached hydrogens (tertiary/aromatic N) is 2. The zero-order chi connectivity index (χ0) is 20.9.